The molecule has 0 aromatic heterocycles. The molecule has 0 saturated heterocycles. The van der Waals surface area contributed by atoms with E-state index in [9.17, 15) is 9.59 Å². The number of hydrogen-bond acceptors (Lipinski definition) is 4. The van der Waals surface area contributed by atoms with Gasteiger partial charge in [0.25, 0.3) is 5.91 Å². The van der Waals surface area contributed by atoms with Crippen LogP contribution in [0.4, 0.5) is 11.4 Å². The van der Waals surface area contributed by atoms with E-state index < -0.39 is 5.97 Å². The summed E-state index contributed by atoms with van der Waals surface area (Å²) in [5.41, 5.74) is 2.43. The molecule has 0 spiro atoms. The zero-order valence-corrected chi connectivity index (χ0v) is 12.8. The zero-order valence-electron chi connectivity index (χ0n) is 12.8. The van der Waals surface area contributed by atoms with Crippen molar-refractivity contribution in [2.24, 2.45) is 0 Å². The standard InChI is InChI=1S/C17H18N2O3/c1-19(2)15-9-5-6-12(11-15)16(20)18-14-8-4-7-13(10-14)17(21)22-3/h4-11H,1-3H3,(H,18,20). The molecular weight excluding hydrogens is 280 g/mol. The summed E-state index contributed by atoms with van der Waals surface area (Å²) in [5, 5.41) is 2.78. The summed E-state index contributed by atoms with van der Waals surface area (Å²) in [4.78, 5) is 25.7. The third-order valence-corrected chi connectivity index (χ3v) is 3.17. The van der Waals surface area contributed by atoms with Gasteiger partial charge in [-0.1, -0.05) is 12.1 Å². The van der Waals surface area contributed by atoms with E-state index in [2.05, 4.69) is 10.1 Å². The first-order chi connectivity index (χ1) is 10.5. The number of nitrogens with zero attached hydrogens (tertiary/aromatic N) is 1. The molecule has 2 aromatic carbocycles. The number of ether oxygens (including phenoxy) is 1. The predicted octanol–water partition coefficient (Wildman–Crippen LogP) is 2.79. The van der Waals surface area contributed by atoms with Crippen molar-refractivity contribution in [1.29, 1.82) is 0 Å². The molecule has 0 atom stereocenters. The maximum absolute atomic E-state index is 12.3. The van der Waals surface area contributed by atoms with E-state index in [-0.39, 0.29) is 5.91 Å². The molecule has 5 heteroatoms. The predicted molar refractivity (Wildman–Crippen MR) is 86.5 cm³/mol. The van der Waals surface area contributed by atoms with Crippen LogP contribution in [0.25, 0.3) is 0 Å². The number of hydrogen-bond donors (Lipinski definition) is 1. The quantitative estimate of drug-likeness (QED) is 0.882. The normalized spacial score (nSPS) is 9.95. The Morgan fingerprint density at radius 1 is 1.00 bits per heavy atom. The van der Waals surface area contributed by atoms with Crippen LogP contribution in [0.1, 0.15) is 20.7 Å². The fourth-order valence-corrected chi connectivity index (χ4v) is 1.97. The molecule has 0 fully saturated rings. The zero-order chi connectivity index (χ0) is 16.1. The smallest absolute Gasteiger partial charge is 0.337 e. The second-order valence-corrected chi connectivity index (χ2v) is 4.97. The van der Waals surface area contributed by atoms with Crippen LogP contribution >= 0.6 is 0 Å². The lowest BCUT2D eigenvalue weighted by Gasteiger charge is -2.13. The number of anilines is 2. The first-order valence-electron chi connectivity index (χ1n) is 6.78. The number of methoxy groups -OCH3 is 1. The lowest BCUT2D eigenvalue weighted by atomic mass is 10.1. The minimum Gasteiger partial charge on any atom is -0.465 e. The van der Waals surface area contributed by atoms with E-state index in [1.54, 1.807) is 36.4 Å². The number of rotatable bonds is 4. The minimum absolute atomic E-state index is 0.231. The van der Waals surface area contributed by atoms with Gasteiger partial charge in [-0.3, -0.25) is 4.79 Å². The molecule has 0 saturated carbocycles. The van der Waals surface area contributed by atoms with Gasteiger partial charge in [0.15, 0.2) is 0 Å². The Hall–Kier alpha value is -2.82. The highest BCUT2D eigenvalue weighted by Crippen LogP contribution is 2.16. The van der Waals surface area contributed by atoms with Crippen molar-refractivity contribution in [1.82, 2.24) is 0 Å². The number of carbonyl (C=O) groups is 2. The highest BCUT2D eigenvalue weighted by molar-refractivity contribution is 6.05. The van der Waals surface area contributed by atoms with E-state index in [0.717, 1.165) is 5.69 Å². The van der Waals surface area contributed by atoms with Crippen molar-refractivity contribution in [3.63, 3.8) is 0 Å². The molecule has 0 unspecified atom stereocenters. The molecule has 5 nitrogen and oxygen atoms in total. The van der Waals surface area contributed by atoms with Gasteiger partial charge in [-0.2, -0.15) is 0 Å². The number of amides is 1. The van der Waals surface area contributed by atoms with Gasteiger partial charge in [0.05, 0.1) is 12.7 Å². The highest BCUT2D eigenvalue weighted by Gasteiger charge is 2.10. The van der Waals surface area contributed by atoms with Crippen molar-refractivity contribution in [2.45, 2.75) is 0 Å². The Morgan fingerprint density at radius 3 is 2.36 bits per heavy atom. The molecule has 1 N–H and O–H groups in total. The fraction of sp³-hybridized carbons (Fsp3) is 0.176. The summed E-state index contributed by atoms with van der Waals surface area (Å²) in [6.45, 7) is 0. The van der Waals surface area contributed by atoms with Crippen LogP contribution in [0.3, 0.4) is 0 Å². The summed E-state index contributed by atoms with van der Waals surface area (Å²) in [6.07, 6.45) is 0. The van der Waals surface area contributed by atoms with Crippen LogP contribution in [0, 0.1) is 0 Å². The molecule has 0 aliphatic carbocycles. The van der Waals surface area contributed by atoms with E-state index >= 15 is 0 Å². The van der Waals surface area contributed by atoms with Crippen LogP contribution in [-0.4, -0.2) is 33.1 Å². The average molecular weight is 298 g/mol. The van der Waals surface area contributed by atoms with Crippen molar-refractivity contribution in [2.75, 3.05) is 31.4 Å². The van der Waals surface area contributed by atoms with Crippen molar-refractivity contribution in [3.8, 4) is 0 Å². The summed E-state index contributed by atoms with van der Waals surface area (Å²) < 4.78 is 4.67. The number of carbonyl (C=O) groups excluding carboxylic acids is 2. The molecule has 0 bridgehead atoms. The Balaban J connectivity index is 2.18. The molecule has 1 amide bonds. The lowest BCUT2D eigenvalue weighted by molar-refractivity contribution is 0.0600. The van der Waals surface area contributed by atoms with Crippen molar-refractivity contribution in [3.05, 3.63) is 59.7 Å². The van der Waals surface area contributed by atoms with Gasteiger partial charge < -0.3 is 15.0 Å². The van der Waals surface area contributed by atoms with Crippen molar-refractivity contribution >= 4 is 23.3 Å². The third-order valence-electron chi connectivity index (χ3n) is 3.17. The van der Waals surface area contributed by atoms with Gasteiger partial charge in [0.2, 0.25) is 0 Å². The molecule has 2 aromatic rings. The van der Waals surface area contributed by atoms with Gasteiger partial charge in [-0.25, -0.2) is 4.79 Å². The van der Waals surface area contributed by atoms with Gasteiger partial charge in [0, 0.05) is 31.0 Å². The molecule has 2 rings (SSSR count). The van der Waals surface area contributed by atoms with E-state index in [1.165, 1.54) is 7.11 Å². The van der Waals surface area contributed by atoms with Crippen LogP contribution < -0.4 is 10.2 Å². The molecule has 0 heterocycles. The van der Waals surface area contributed by atoms with Crippen LogP contribution in [-0.2, 0) is 4.74 Å². The minimum atomic E-state index is -0.439. The number of nitrogens with one attached hydrogen (secondary N) is 1. The molecular formula is C17H18N2O3. The molecule has 114 valence electrons. The largest absolute Gasteiger partial charge is 0.465 e. The first kappa shape index (κ1) is 15.6. The number of esters is 1. The summed E-state index contributed by atoms with van der Waals surface area (Å²) in [7, 11) is 5.15. The monoisotopic (exact) mass is 298 g/mol. The third kappa shape index (κ3) is 3.63. The van der Waals surface area contributed by atoms with E-state index in [1.807, 2.05) is 31.1 Å². The van der Waals surface area contributed by atoms with Gasteiger partial charge in [-0.15, -0.1) is 0 Å². The second-order valence-electron chi connectivity index (χ2n) is 4.97. The Morgan fingerprint density at radius 2 is 1.68 bits per heavy atom. The van der Waals surface area contributed by atoms with Crippen LogP contribution in [0.2, 0.25) is 0 Å². The topological polar surface area (TPSA) is 58.6 Å². The molecule has 0 aliphatic rings. The maximum Gasteiger partial charge on any atom is 0.337 e. The molecule has 22 heavy (non-hydrogen) atoms. The second kappa shape index (κ2) is 6.76. The molecule has 0 radical (unpaired) electrons. The number of benzene rings is 2. The average Bonchev–Trinajstić information content (AvgIpc) is 2.54. The lowest BCUT2D eigenvalue weighted by Crippen LogP contribution is -2.14. The summed E-state index contributed by atoms with van der Waals surface area (Å²) in [5.74, 6) is -0.670. The first-order valence-corrected chi connectivity index (χ1v) is 6.78. The van der Waals surface area contributed by atoms with Crippen LogP contribution in [0.15, 0.2) is 48.5 Å². The van der Waals surface area contributed by atoms with Gasteiger partial charge in [0.1, 0.15) is 0 Å². The Kier molecular flexibility index (Phi) is 4.78. The summed E-state index contributed by atoms with van der Waals surface area (Å²) >= 11 is 0. The van der Waals surface area contributed by atoms with Crippen LogP contribution in [0.5, 0.6) is 0 Å². The Bertz CT molecular complexity index is 696. The molecule has 0 aliphatic heterocycles. The van der Waals surface area contributed by atoms with E-state index in [4.69, 9.17) is 0 Å². The SMILES string of the molecule is COC(=O)c1cccc(NC(=O)c2cccc(N(C)C)c2)c1. The van der Waals surface area contributed by atoms with Gasteiger partial charge >= 0.3 is 5.97 Å². The Labute approximate surface area is 129 Å². The summed E-state index contributed by atoms with van der Waals surface area (Å²) in [6, 6.07) is 13.9. The van der Waals surface area contributed by atoms with Crippen molar-refractivity contribution < 1.29 is 14.3 Å². The van der Waals surface area contributed by atoms with Gasteiger partial charge in [-0.05, 0) is 36.4 Å². The maximum atomic E-state index is 12.3. The highest BCUT2D eigenvalue weighted by atomic mass is 16.5. The fourth-order valence-electron chi connectivity index (χ4n) is 1.97. The van der Waals surface area contributed by atoms with E-state index in [0.29, 0.717) is 16.8 Å².